The Morgan fingerprint density at radius 1 is 0.875 bits per heavy atom. The van der Waals surface area contributed by atoms with Gasteiger partial charge in [0.15, 0.2) is 0 Å². The summed E-state index contributed by atoms with van der Waals surface area (Å²) in [6.45, 7) is 10.0. The predicted octanol–water partition coefficient (Wildman–Crippen LogP) is 3.97. The molecule has 0 unspecified atom stereocenters. The molecule has 0 aromatic rings. The van der Waals surface area contributed by atoms with E-state index >= 15 is 0 Å². The summed E-state index contributed by atoms with van der Waals surface area (Å²) in [6.07, 6.45) is 1.19. The summed E-state index contributed by atoms with van der Waals surface area (Å²) in [5, 5.41) is 0. The van der Waals surface area contributed by atoms with Crippen LogP contribution in [-0.4, -0.2) is 33.5 Å². The second kappa shape index (κ2) is 11.2. The molecule has 98 valence electrons. The van der Waals surface area contributed by atoms with E-state index in [-0.39, 0.29) is 0 Å². The molecular weight excluding hydrogens is 280 g/mol. The van der Waals surface area contributed by atoms with Crippen LogP contribution >= 0.6 is 30.9 Å². The molecule has 7 heteroatoms. The zero-order chi connectivity index (χ0) is 12.3. The van der Waals surface area contributed by atoms with Gasteiger partial charge in [-0.2, -0.15) is 0 Å². The lowest BCUT2D eigenvalue weighted by Gasteiger charge is -2.26. The predicted molar refractivity (Wildman–Crippen MR) is 78.6 cm³/mol. The Morgan fingerprint density at radius 2 is 1.38 bits per heavy atom. The van der Waals surface area contributed by atoms with Crippen molar-refractivity contribution in [2.75, 3.05) is 25.6 Å². The van der Waals surface area contributed by atoms with Crippen LogP contribution in [0.2, 0.25) is 0 Å². The average molecular weight is 303 g/mol. The first kappa shape index (κ1) is 17.1. The molecule has 0 aromatic heterocycles. The minimum absolute atomic E-state index is 0.637. The standard InChI is InChI=1S/C9H22O3S3Si/c1-5-9-13-14-15-16(10-6-2,11-7-3)12-8-4/h5-9H2,1-4H3. The second-order valence-corrected chi connectivity index (χ2v) is 11.4. The third-order valence-electron chi connectivity index (χ3n) is 1.43. The van der Waals surface area contributed by atoms with E-state index < -0.39 is 7.95 Å². The zero-order valence-electron chi connectivity index (χ0n) is 10.5. The average Bonchev–Trinajstić information content (AvgIpc) is 2.26. The van der Waals surface area contributed by atoms with Gasteiger partial charge in [0, 0.05) is 25.6 Å². The summed E-state index contributed by atoms with van der Waals surface area (Å²) < 4.78 is 17.1. The molecule has 0 aliphatic heterocycles. The molecule has 0 heterocycles. The van der Waals surface area contributed by atoms with Crippen LogP contribution in [-0.2, 0) is 13.3 Å². The van der Waals surface area contributed by atoms with Gasteiger partial charge in [0.05, 0.1) is 0 Å². The number of rotatable bonds is 11. The second-order valence-electron chi connectivity index (χ2n) is 2.77. The minimum atomic E-state index is -2.49. The van der Waals surface area contributed by atoms with E-state index in [0.29, 0.717) is 19.8 Å². The van der Waals surface area contributed by atoms with Gasteiger partial charge >= 0.3 is 7.95 Å². The first-order valence-corrected chi connectivity index (χ1v) is 11.7. The molecular formula is C9H22O3S3Si. The van der Waals surface area contributed by atoms with Gasteiger partial charge in [0.25, 0.3) is 0 Å². The maximum atomic E-state index is 5.71. The third kappa shape index (κ3) is 7.47. The lowest BCUT2D eigenvalue weighted by atomic mass is 10.6. The molecule has 0 amide bonds. The van der Waals surface area contributed by atoms with Crippen molar-refractivity contribution >= 4 is 38.8 Å². The van der Waals surface area contributed by atoms with E-state index in [1.165, 1.54) is 6.42 Å². The van der Waals surface area contributed by atoms with E-state index in [2.05, 4.69) is 6.92 Å². The summed E-state index contributed by atoms with van der Waals surface area (Å²) in [4.78, 5) is 0. The SMILES string of the molecule is CCCSSS[Si](OCC)(OCC)OCC. The highest BCUT2D eigenvalue weighted by atomic mass is 33.5. The monoisotopic (exact) mass is 302 g/mol. The largest absolute Gasteiger partial charge is 0.584 e. The van der Waals surface area contributed by atoms with Crippen molar-refractivity contribution in [1.82, 2.24) is 0 Å². The maximum Gasteiger partial charge on any atom is 0.584 e. The van der Waals surface area contributed by atoms with Crippen LogP contribution in [0, 0.1) is 0 Å². The fraction of sp³-hybridized carbons (Fsp3) is 1.00. The van der Waals surface area contributed by atoms with Crippen molar-refractivity contribution < 1.29 is 13.3 Å². The molecule has 0 atom stereocenters. The smallest absolute Gasteiger partial charge is 0.365 e. The van der Waals surface area contributed by atoms with Crippen molar-refractivity contribution in [1.29, 1.82) is 0 Å². The van der Waals surface area contributed by atoms with E-state index in [0.717, 1.165) is 5.75 Å². The third-order valence-corrected chi connectivity index (χ3v) is 12.1. The summed E-state index contributed by atoms with van der Waals surface area (Å²) in [6, 6.07) is 0. The van der Waals surface area contributed by atoms with Crippen LogP contribution in [0.25, 0.3) is 0 Å². The summed E-state index contributed by atoms with van der Waals surface area (Å²) in [5.74, 6) is 1.15. The van der Waals surface area contributed by atoms with Gasteiger partial charge in [-0.15, -0.1) is 0 Å². The van der Waals surface area contributed by atoms with Gasteiger partial charge in [-0.05, 0) is 47.3 Å². The molecule has 0 aliphatic rings. The summed E-state index contributed by atoms with van der Waals surface area (Å²) >= 11 is 0. The lowest BCUT2D eigenvalue weighted by molar-refractivity contribution is 0.0971. The fourth-order valence-electron chi connectivity index (χ4n) is 0.911. The van der Waals surface area contributed by atoms with Crippen LogP contribution in [0.1, 0.15) is 34.1 Å². The first-order valence-electron chi connectivity index (χ1n) is 5.63. The minimum Gasteiger partial charge on any atom is -0.365 e. The van der Waals surface area contributed by atoms with Crippen LogP contribution in [0.4, 0.5) is 0 Å². The van der Waals surface area contributed by atoms with Gasteiger partial charge in [0.2, 0.25) is 0 Å². The molecule has 0 spiro atoms. The molecule has 3 nitrogen and oxygen atoms in total. The Morgan fingerprint density at radius 3 is 1.75 bits per heavy atom. The van der Waals surface area contributed by atoms with Crippen LogP contribution in [0.5, 0.6) is 0 Å². The van der Waals surface area contributed by atoms with E-state index in [1.54, 1.807) is 20.1 Å². The highest BCUT2D eigenvalue weighted by molar-refractivity contribution is 9.14. The Labute approximate surface area is 112 Å². The number of hydrogen-bond acceptors (Lipinski definition) is 6. The topological polar surface area (TPSA) is 27.7 Å². The molecule has 0 N–H and O–H groups in total. The molecule has 0 saturated carbocycles. The zero-order valence-corrected chi connectivity index (χ0v) is 13.9. The molecule has 0 saturated heterocycles. The molecule has 16 heavy (non-hydrogen) atoms. The van der Waals surface area contributed by atoms with Crippen LogP contribution < -0.4 is 0 Å². The Hall–Kier alpha value is 1.15. The molecule has 0 fully saturated rings. The van der Waals surface area contributed by atoms with Gasteiger partial charge < -0.3 is 13.3 Å². The highest BCUT2D eigenvalue weighted by Gasteiger charge is 2.43. The van der Waals surface area contributed by atoms with Crippen molar-refractivity contribution in [3.05, 3.63) is 0 Å². The quantitative estimate of drug-likeness (QED) is 0.326. The Balaban J connectivity index is 4.12. The van der Waals surface area contributed by atoms with Crippen molar-refractivity contribution in [2.24, 2.45) is 0 Å². The summed E-state index contributed by atoms with van der Waals surface area (Å²) in [5.41, 5.74) is 0. The first-order chi connectivity index (χ1) is 7.74. The number of hydrogen-bond donors (Lipinski definition) is 0. The maximum absolute atomic E-state index is 5.71. The van der Waals surface area contributed by atoms with Crippen molar-refractivity contribution in [2.45, 2.75) is 34.1 Å². The van der Waals surface area contributed by atoms with Gasteiger partial charge in [-0.3, -0.25) is 0 Å². The summed E-state index contributed by atoms with van der Waals surface area (Å²) in [7, 11) is 2.70. The van der Waals surface area contributed by atoms with E-state index in [1.807, 2.05) is 31.6 Å². The van der Waals surface area contributed by atoms with Crippen molar-refractivity contribution in [3.63, 3.8) is 0 Å². The van der Waals surface area contributed by atoms with Gasteiger partial charge in [-0.1, -0.05) is 17.7 Å². The molecule has 0 aliphatic carbocycles. The van der Waals surface area contributed by atoms with Gasteiger partial charge in [-0.25, -0.2) is 0 Å². The Bertz CT molecular complexity index is 146. The van der Waals surface area contributed by atoms with Crippen LogP contribution in [0.3, 0.4) is 0 Å². The highest BCUT2D eigenvalue weighted by Crippen LogP contribution is 2.42. The van der Waals surface area contributed by atoms with E-state index in [4.69, 9.17) is 13.3 Å². The fourth-order valence-corrected chi connectivity index (χ4v) is 12.0. The van der Waals surface area contributed by atoms with Crippen LogP contribution in [0.15, 0.2) is 0 Å². The molecule has 0 bridgehead atoms. The van der Waals surface area contributed by atoms with Gasteiger partial charge in [0.1, 0.15) is 0 Å². The Kier molecular flexibility index (Phi) is 12.1. The molecule has 0 aromatic carbocycles. The molecule has 0 rings (SSSR count). The molecule has 0 radical (unpaired) electrons. The normalized spacial score (nSPS) is 12.0. The van der Waals surface area contributed by atoms with Crippen molar-refractivity contribution in [3.8, 4) is 0 Å². The van der Waals surface area contributed by atoms with E-state index in [9.17, 15) is 0 Å². The lowest BCUT2D eigenvalue weighted by Crippen LogP contribution is -2.42.